The molecule has 0 bridgehead atoms. The van der Waals surface area contributed by atoms with Gasteiger partial charge in [0.15, 0.2) is 0 Å². The van der Waals surface area contributed by atoms with Crippen molar-refractivity contribution in [2.45, 2.75) is 46.1 Å². The Morgan fingerprint density at radius 2 is 2.06 bits per heavy atom. The van der Waals surface area contributed by atoms with E-state index in [0.717, 1.165) is 25.8 Å². The molecule has 1 nitrogen and oxygen atoms in total. The number of hydrogen-bond donors (Lipinski definition) is 1. The summed E-state index contributed by atoms with van der Waals surface area (Å²) in [4.78, 5) is 0. The van der Waals surface area contributed by atoms with Crippen molar-refractivity contribution < 1.29 is 4.39 Å². The van der Waals surface area contributed by atoms with E-state index in [1.165, 1.54) is 6.07 Å². The predicted molar refractivity (Wildman–Crippen MR) is 76.5 cm³/mol. The Balaban J connectivity index is 2.93. The van der Waals surface area contributed by atoms with Gasteiger partial charge in [0.2, 0.25) is 0 Å². The van der Waals surface area contributed by atoms with E-state index in [0.29, 0.717) is 16.5 Å². The van der Waals surface area contributed by atoms with E-state index in [2.05, 4.69) is 26.1 Å². The highest BCUT2D eigenvalue weighted by Crippen LogP contribution is 2.30. The molecule has 0 heterocycles. The lowest BCUT2D eigenvalue weighted by Gasteiger charge is -2.23. The molecule has 0 fully saturated rings. The third-order valence-corrected chi connectivity index (χ3v) is 3.65. The topological polar surface area (TPSA) is 12.0 Å². The minimum absolute atomic E-state index is 0.00796. The summed E-state index contributed by atoms with van der Waals surface area (Å²) in [6.07, 6.45) is 3.04. The van der Waals surface area contributed by atoms with Gasteiger partial charge < -0.3 is 5.32 Å². The summed E-state index contributed by atoms with van der Waals surface area (Å²) < 4.78 is 14.0. The number of hydrogen-bond acceptors (Lipinski definition) is 1. The summed E-state index contributed by atoms with van der Waals surface area (Å²) >= 11 is 6.15. The van der Waals surface area contributed by atoms with Crippen molar-refractivity contribution in [1.82, 2.24) is 5.32 Å². The molecule has 1 aromatic rings. The largest absolute Gasteiger partial charge is 0.310 e. The van der Waals surface area contributed by atoms with Crippen molar-refractivity contribution in [2.75, 3.05) is 6.54 Å². The molecule has 0 aliphatic rings. The van der Waals surface area contributed by atoms with Gasteiger partial charge in [-0.1, -0.05) is 44.9 Å². The molecule has 3 heteroatoms. The summed E-state index contributed by atoms with van der Waals surface area (Å²) in [6, 6.07) is 4.91. The Morgan fingerprint density at radius 3 is 2.61 bits per heavy atom. The molecule has 2 atom stereocenters. The lowest BCUT2D eigenvalue weighted by molar-refractivity contribution is 0.392. The summed E-state index contributed by atoms with van der Waals surface area (Å²) in [5, 5.41) is 3.93. The number of benzene rings is 1. The highest BCUT2D eigenvalue weighted by atomic mass is 35.5. The van der Waals surface area contributed by atoms with E-state index in [9.17, 15) is 4.39 Å². The van der Waals surface area contributed by atoms with E-state index in [1.807, 2.05) is 0 Å². The fourth-order valence-corrected chi connectivity index (χ4v) is 2.33. The Hall–Kier alpha value is -0.600. The van der Waals surface area contributed by atoms with Crippen LogP contribution in [0.25, 0.3) is 0 Å². The first-order valence-corrected chi connectivity index (χ1v) is 7.15. The second-order valence-corrected chi connectivity index (χ2v) is 5.30. The van der Waals surface area contributed by atoms with E-state index >= 15 is 0 Å². The minimum atomic E-state index is -0.209. The van der Waals surface area contributed by atoms with Crippen molar-refractivity contribution in [1.29, 1.82) is 0 Å². The van der Waals surface area contributed by atoms with Crippen LogP contribution >= 0.6 is 11.6 Å². The molecule has 18 heavy (non-hydrogen) atoms. The molecular formula is C15H23ClFN. The maximum Gasteiger partial charge on any atom is 0.129 e. The average Bonchev–Trinajstić information content (AvgIpc) is 2.35. The van der Waals surface area contributed by atoms with Crippen molar-refractivity contribution in [3.8, 4) is 0 Å². The molecule has 1 aromatic carbocycles. The van der Waals surface area contributed by atoms with Crippen molar-refractivity contribution in [3.63, 3.8) is 0 Å². The van der Waals surface area contributed by atoms with Gasteiger partial charge >= 0.3 is 0 Å². The molecule has 0 saturated heterocycles. The lowest BCUT2D eigenvalue weighted by Crippen LogP contribution is -2.25. The first-order valence-electron chi connectivity index (χ1n) is 6.77. The molecule has 2 unspecified atom stereocenters. The first kappa shape index (κ1) is 15.5. The summed E-state index contributed by atoms with van der Waals surface area (Å²) in [7, 11) is 0. The fourth-order valence-electron chi connectivity index (χ4n) is 2.03. The van der Waals surface area contributed by atoms with E-state index < -0.39 is 0 Å². The third kappa shape index (κ3) is 4.25. The normalized spacial score (nSPS) is 14.5. The molecule has 0 aromatic heterocycles. The molecule has 0 radical (unpaired) electrons. The Kier molecular flexibility index (Phi) is 6.66. The van der Waals surface area contributed by atoms with Gasteiger partial charge in [-0.3, -0.25) is 0 Å². The monoisotopic (exact) mass is 271 g/mol. The molecule has 0 aliphatic heterocycles. The molecule has 102 valence electrons. The number of rotatable bonds is 7. The number of nitrogens with one attached hydrogen (secondary N) is 1. The van der Waals surface area contributed by atoms with Crippen LogP contribution in [0.5, 0.6) is 0 Å². The highest BCUT2D eigenvalue weighted by Gasteiger charge is 2.20. The Morgan fingerprint density at radius 1 is 1.33 bits per heavy atom. The quantitative estimate of drug-likeness (QED) is 0.739. The zero-order valence-electron chi connectivity index (χ0n) is 11.5. The molecule has 1 N–H and O–H groups in total. The van der Waals surface area contributed by atoms with Crippen LogP contribution in [0.2, 0.25) is 5.02 Å². The zero-order chi connectivity index (χ0) is 13.5. The third-order valence-electron chi connectivity index (χ3n) is 3.32. The molecular weight excluding hydrogens is 249 g/mol. The average molecular weight is 272 g/mol. The molecule has 0 spiro atoms. The van der Waals surface area contributed by atoms with Gasteiger partial charge in [-0.25, -0.2) is 4.39 Å². The van der Waals surface area contributed by atoms with Gasteiger partial charge in [-0.05, 0) is 37.4 Å². The Bertz CT molecular complexity index is 347. The van der Waals surface area contributed by atoms with Gasteiger partial charge in [-0.2, -0.15) is 0 Å². The second kappa shape index (κ2) is 7.75. The maximum atomic E-state index is 14.0. The standard InChI is InChI=1S/C15H23ClFN/c1-4-9-18-14(10-11(3)5-2)15-12(16)7-6-8-13(15)17/h6-8,11,14,18H,4-5,9-10H2,1-3H3. The van der Waals surface area contributed by atoms with Gasteiger partial charge in [0.05, 0.1) is 0 Å². The van der Waals surface area contributed by atoms with Crippen LogP contribution in [0.1, 0.15) is 51.6 Å². The van der Waals surface area contributed by atoms with E-state index in [-0.39, 0.29) is 11.9 Å². The van der Waals surface area contributed by atoms with Crippen LogP contribution in [0.4, 0.5) is 4.39 Å². The minimum Gasteiger partial charge on any atom is -0.310 e. The van der Waals surface area contributed by atoms with Crippen molar-refractivity contribution >= 4 is 11.6 Å². The first-order chi connectivity index (χ1) is 8.60. The lowest BCUT2D eigenvalue weighted by atomic mass is 9.93. The van der Waals surface area contributed by atoms with Crippen LogP contribution in [0, 0.1) is 11.7 Å². The Labute approximate surface area is 115 Å². The SMILES string of the molecule is CCCNC(CC(C)CC)c1c(F)cccc1Cl. The van der Waals surface area contributed by atoms with E-state index in [1.54, 1.807) is 12.1 Å². The van der Waals surface area contributed by atoms with Gasteiger partial charge in [-0.15, -0.1) is 0 Å². The molecule has 1 rings (SSSR count). The highest BCUT2D eigenvalue weighted by molar-refractivity contribution is 6.31. The predicted octanol–water partition coefficient (Wildman–Crippen LogP) is 4.96. The smallest absolute Gasteiger partial charge is 0.129 e. The number of halogens is 2. The van der Waals surface area contributed by atoms with Gasteiger partial charge in [0.1, 0.15) is 5.82 Å². The van der Waals surface area contributed by atoms with Gasteiger partial charge in [0.25, 0.3) is 0 Å². The van der Waals surface area contributed by atoms with Crippen LogP contribution in [0.3, 0.4) is 0 Å². The van der Waals surface area contributed by atoms with Crippen molar-refractivity contribution in [2.24, 2.45) is 5.92 Å². The molecule has 0 saturated carbocycles. The summed E-state index contributed by atoms with van der Waals surface area (Å²) in [5.74, 6) is 0.342. The van der Waals surface area contributed by atoms with Crippen LogP contribution in [-0.4, -0.2) is 6.54 Å². The molecule has 0 aliphatic carbocycles. The fraction of sp³-hybridized carbons (Fsp3) is 0.600. The van der Waals surface area contributed by atoms with Crippen molar-refractivity contribution in [3.05, 3.63) is 34.6 Å². The van der Waals surface area contributed by atoms with Crippen LogP contribution in [0.15, 0.2) is 18.2 Å². The maximum absolute atomic E-state index is 14.0. The summed E-state index contributed by atoms with van der Waals surface area (Å²) in [6.45, 7) is 7.34. The van der Waals surface area contributed by atoms with E-state index in [4.69, 9.17) is 11.6 Å². The summed E-state index contributed by atoms with van der Waals surface area (Å²) in [5.41, 5.74) is 0.618. The second-order valence-electron chi connectivity index (χ2n) is 4.89. The van der Waals surface area contributed by atoms with Gasteiger partial charge in [0, 0.05) is 16.6 Å². The molecule has 0 amide bonds. The van der Waals surface area contributed by atoms with Crippen LogP contribution in [-0.2, 0) is 0 Å². The van der Waals surface area contributed by atoms with Crippen LogP contribution < -0.4 is 5.32 Å². The zero-order valence-corrected chi connectivity index (χ0v) is 12.2.